The van der Waals surface area contributed by atoms with E-state index in [1.165, 1.54) is 18.6 Å². The molecule has 0 saturated carbocycles. The number of hydrogen-bond donors (Lipinski definition) is 2. The minimum Gasteiger partial charge on any atom is -0.362 e. The molecule has 2 N–H and O–H groups in total. The van der Waals surface area contributed by atoms with E-state index in [0.717, 1.165) is 11.4 Å². The van der Waals surface area contributed by atoms with Crippen LogP contribution < -0.4 is 10.6 Å². The monoisotopic (exact) mass is 336 g/mol. The van der Waals surface area contributed by atoms with Crippen LogP contribution in [0.25, 0.3) is 0 Å². The molecule has 2 aromatic rings. The molecular weight excluding hydrogens is 312 g/mol. The lowest BCUT2D eigenvalue weighted by molar-refractivity contribution is -0.114. The average Bonchev–Trinajstić information content (AvgIpc) is 2.55. The molecule has 0 heterocycles. The Labute approximate surface area is 149 Å². The van der Waals surface area contributed by atoms with Gasteiger partial charge in [0.15, 0.2) is 5.78 Å². The summed E-state index contributed by atoms with van der Waals surface area (Å²) < 4.78 is 0. The summed E-state index contributed by atoms with van der Waals surface area (Å²) in [5.41, 5.74) is 3.50. The van der Waals surface area contributed by atoms with Gasteiger partial charge in [0.05, 0.1) is 0 Å². The molecule has 0 aliphatic heterocycles. The molecular formula is C21H24N2O2. The summed E-state index contributed by atoms with van der Waals surface area (Å²) in [4.78, 5) is 23.2. The van der Waals surface area contributed by atoms with E-state index in [1.807, 2.05) is 36.4 Å². The molecule has 0 radical (unpaired) electrons. The molecule has 0 aliphatic carbocycles. The molecule has 0 aliphatic rings. The first kappa shape index (κ1) is 18.5. The summed E-state index contributed by atoms with van der Waals surface area (Å²) in [6, 6.07) is 15.0. The fourth-order valence-electron chi connectivity index (χ4n) is 2.30. The van der Waals surface area contributed by atoms with Crippen molar-refractivity contribution in [2.24, 2.45) is 0 Å². The fourth-order valence-corrected chi connectivity index (χ4v) is 2.30. The average molecular weight is 336 g/mol. The number of amides is 1. The van der Waals surface area contributed by atoms with Crippen LogP contribution in [0.15, 0.2) is 60.8 Å². The summed E-state index contributed by atoms with van der Waals surface area (Å²) in [6.07, 6.45) is 3.13. The van der Waals surface area contributed by atoms with Gasteiger partial charge in [-0.15, -0.1) is 0 Å². The van der Waals surface area contributed by atoms with Gasteiger partial charge in [0.2, 0.25) is 5.91 Å². The Balaban J connectivity index is 1.95. The first-order chi connectivity index (χ1) is 11.8. The Morgan fingerprint density at radius 1 is 0.880 bits per heavy atom. The van der Waals surface area contributed by atoms with Gasteiger partial charge < -0.3 is 10.6 Å². The zero-order valence-electron chi connectivity index (χ0n) is 15.1. The van der Waals surface area contributed by atoms with Crippen molar-refractivity contribution in [2.45, 2.75) is 33.1 Å². The largest absolute Gasteiger partial charge is 0.362 e. The summed E-state index contributed by atoms with van der Waals surface area (Å²) in [6.45, 7) is 7.90. The molecule has 25 heavy (non-hydrogen) atoms. The van der Waals surface area contributed by atoms with Gasteiger partial charge in [-0.3, -0.25) is 9.59 Å². The molecule has 0 unspecified atom stereocenters. The van der Waals surface area contributed by atoms with Crippen LogP contribution in [-0.4, -0.2) is 11.7 Å². The van der Waals surface area contributed by atoms with Crippen molar-refractivity contribution in [1.82, 2.24) is 0 Å². The van der Waals surface area contributed by atoms with Crippen molar-refractivity contribution in [3.63, 3.8) is 0 Å². The summed E-state index contributed by atoms with van der Waals surface area (Å²) in [7, 11) is 0. The second kappa shape index (κ2) is 7.79. The number of hydrogen-bond acceptors (Lipinski definition) is 3. The van der Waals surface area contributed by atoms with E-state index < -0.39 is 0 Å². The molecule has 0 atom stereocenters. The lowest BCUT2D eigenvalue weighted by Crippen LogP contribution is -2.11. The molecule has 2 rings (SSSR count). The number of allylic oxidation sites excluding steroid dienone is 1. The SMILES string of the molecule is CC(=O)Nc1ccc(N/C=C/C(=O)c2ccc(C(C)(C)C)cc2)cc1. The third-order valence-electron chi connectivity index (χ3n) is 3.73. The van der Waals surface area contributed by atoms with Crippen LogP contribution in [0.1, 0.15) is 43.6 Å². The van der Waals surface area contributed by atoms with Crippen molar-refractivity contribution in [3.8, 4) is 0 Å². The molecule has 2 aromatic carbocycles. The van der Waals surface area contributed by atoms with Crippen molar-refractivity contribution >= 4 is 23.1 Å². The Hall–Kier alpha value is -2.88. The zero-order valence-corrected chi connectivity index (χ0v) is 15.1. The number of anilines is 2. The number of carbonyl (C=O) groups excluding carboxylic acids is 2. The first-order valence-electron chi connectivity index (χ1n) is 8.21. The number of carbonyl (C=O) groups is 2. The number of nitrogens with one attached hydrogen (secondary N) is 2. The molecule has 0 saturated heterocycles. The van der Waals surface area contributed by atoms with Crippen molar-refractivity contribution in [1.29, 1.82) is 0 Å². The molecule has 4 heteroatoms. The number of rotatable bonds is 5. The van der Waals surface area contributed by atoms with Crippen molar-refractivity contribution < 1.29 is 9.59 Å². The first-order valence-corrected chi connectivity index (χ1v) is 8.21. The van der Waals surface area contributed by atoms with Gasteiger partial charge in [0.25, 0.3) is 0 Å². The Morgan fingerprint density at radius 2 is 1.44 bits per heavy atom. The van der Waals surface area contributed by atoms with E-state index >= 15 is 0 Å². The number of benzene rings is 2. The number of ketones is 1. The van der Waals surface area contributed by atoms with Crippen LogP contribution in [-0.2, 0) is 10.2 Å². The predicted octanol–water partition coefficient (Wildman–Crippen LogP) is 4.75. The Kier molecular flexibility index (Phi) is 5.75. The molecule has 0 aromatic heterocycles. The van der Waals surface area contributed by atoms with Crippen LogP contribution >= 0.6 is 0 Å². The molecule has 130 valence electrons. The van der Waals surface area contributed by atoms with Crippen LogP contribution in [0.5, 0.6) is 0 Å². The highest BCUT2D eigenvalue weighted by molar-refractivity contribution is 6.04. The second-order valence-corrected chi connectivity index (χ2v) is 6.93. The molecule has 1 amide bonds. The maximum absolute atomic E-state index is 12.2. The van der Waals surface area contributed by atoms with Gasteiger partial charge in [0.1, 0.15) is 0 Å². The van der Waals surface area contributed by atoms with Gasteiger partial charge in [-0.05, 0) is 35.2 Å². The maximum atomic E-state index is 12.2. The van der Waals surface area contributed by atoms with E-state index in [9.17, 15) is 9.59 Å². The van der Waals surface area contributed by atoms with Gasteiger partial charge in [-0.25, -0.2) is 0 Å². The highest BCUT2D eigenvalue weighted by Crippen LogP contribution is 2.22. The summed E-state index contributed by atoms with van der Waals surface area (Å²) >= 11 is 0. The fraction of sp³-hybridized carbons (Fsp3) is 0.238. The highest BCUT2D eigenvalue weighted by Gasteiger charge is 2.13. The standard InChI is InChI=1S/C21H24N2O2/c1-15(24)23-19-11-9-18(10-12-19)22-14-13-20(25)16-5-7-17(8-6-16)21(2,3)4/h5-14,22H,1-4H3,(H,23,24)/b14-13+. The van der Waals surface area contributed by atoms with Gasteiger partial charge in [0, 0.05) is 36.1 Å². The molecule has 0 fully saturated rings. The van der Waals surface area contributed by atoms with E-state index in [0.29, 0.717) is 5.56 Å². The minimum atomic E-state index is -0.108. The quantitative estimate of drug-likeness (QED) is 0.612. The zero-order chi connectivity index (χ0) is 18.4. The topological polar surface area (TPSA) is 58.2 Å². The minimum absolute atomic E-state index is 0.0529. The second-order valence-electron chi connectivity index (χ2n) is 6.93. The molecule has 4 nitrogen and oxygen atoms in total. The summed E-state index contributed by atoms with van der Waals surface area (Å²) in [5, 5.41) is 5.75. The third-order valence-corrected chi connectivity index (χ3v) is 3.73. The van der Waals surface area contributed by atoms with E-state index in [1.54, 1.807) is 18.3 Å². The predicted molar refractivity (Wildman–Crippen MR) is 103 cm³/mol. The van der Waals surface area contributed by atoms with Crippen LogP contribution in [0, 0.1) is 0 Å². The van der Waals surface area contributed by atoms with Crippen LogP contribution in [0.3, 0.4) is 0 Å². The van der Waals surface area contributed by atoms with Crippen molar-refractivity contribution in [3.05, 3.63) is 71.9 Å². The normalized spacial score (nSPS) is 11.4. The highest BCUT2D eigenvalue weighted by atomic mass is 16.1. The van der Waals surface area contributed by atoms with Gasteiger partial charge in [-0.1, -0.05) is 45.0 Å². The van der Waals surface area contributed by atoms with E-state index in [4.69, 9.17) is 0 Å². The molecule has 0 spiro atoms. The van der Waals surface area contributed by atoms with E-state index in [-0.39, 0.29) is 17.1 Å². The Morgan fingerprint density at radius 3 is 1.96 bits per heavy atom. The lowest BCUT2D eigenvalue weighted by Gasteiger charge is -2.18. The summed E-state index contributed by atoms with van der Waals surface area (Å²) in [5.74, 6) is -0.161. The van der Waals surface area contributed by atoms with Crippen LogP contribution in [0.4, 0.5) is 11.4 Å². The Bertz CT molecular complexity index is 767. The smallest absolute Gasteiger partial charge is 0.221 e. The van der Waals surface area contributed by atoms with Gasteiger partial charge >= 0.3 is 0 Å². The van der Waals surface area contributed by atoms with Crippen molar-refractivity contribution in [2.75, 3.05) is 10.6 Å². The molecule has 0 bridgehead atoms. The van der Waals surface area contributed by atoms with Crippen LogP contribution in [0.2, 0.25) is 0 Å². The third kappa shape index (κ3) is 5.60. The maximum Gasteiger partial charge on any atom is 0.221 e. The van der Waals surface area contributed by atoms with E-state index in [2.05, 4.69) is 31.4 Å². The lowest BCUT2D eigenvalue weighted by atomic mass is 9.86. The van der Waals surface area contributed by atoms with Gasteiger partial charge in [-0.2, -0.15) is 0 Å².